The molecule has 19 heavy (non-hydrogen) atoms. The van der Waals surface area contributed by atoms with Gasteiger partial charge in [-0.25, -0.2) is 0 Å². The van der Waals surface area contributed by atoms with Gasteiger partial charge in [0, 0.05) is 13.1 Å². The number of rotatable bonds is 9. The van der Waals surface area contributed by atoms with Crippen LogP contribution in [0.15, 0.2) is 0 Å². The molecule has 1 heterocycles. The Labute approximate surface area is 114 Å². The molecule has 1 aliphatic rings. The van der Waals surface area contributed by atoms with Crippen LogP contribution in [-0.2, 0) is 0 Å². The van der Waals surface area contributed by atoms with Crippen molar-refractivity contribution < 1.29 is 4.74 Å². The molecular weight excluding hydrogens is 242 g/mol. The lowest BCUT2D eigenvalue weighted by atomic mass is 10.3. The summed E-state index contributed by atoms with van der Waals surface area (Å²) in [6.07, 6.45) is 4.95. The maximum absolute atomic E-state index is 5.36. The summed E-state index contributed by atoms with van der Waals surface area (Å²) < 4.78 is 5.36. The van der Waals surface area contributed by atoms with Crippen molar-refractivity contribution in [2.24, 2.45) is 5.92 Å². The SMILES string of the molecule is CCCNc1nc(NCCC2CC2)nc(OCC)n1. The van der Waals surface area contributed by atoms with Gasteiger partial charge in [0.2, 0.25) is 11.9 Å². The highest BCUT2D eigenvalue weighted by molar-refractivity contribution is 5.35. The first kappa shape index (κ1) is 13.8. The van der Waals surface area contributed by atoms with Crippen molar-refractivity contribution in [2.45, 2.75) is 39.5 Å². The zero-order chi connectivity index (χ0) is 13.5. The first-order chi connectivity index (χ1) is 9.31. The van der Waals surface area contributed by atoms with Crippen LogP contribution in [0.25, 0.3) is 0 Å². The van der Waals surface area contributed by atoms with Crippen LogP contribution in [0.4, 0.5) is 11.9 Å². The molecule has 0 atom stereocenters. The number of hydrogen-bond acceptors (Lipinski definition) is 6. The molecular formula is C13H23N5O. The molecule has 0 aromatic carbocycles. The van der Waals surface area contributed by atoms with Gasteiger partial charge in [0.25, 0.3) is 0 Å². The maximum atomic E-state index is 5.36. The zero-order valence-electron chi connectivity index (χ0n) is 11.8. The van der Waals surface area contributed by atoms with Crippen LogP contribution in [0, 0.1) is 5.92 Å². The fraction of sp³-hybridized carbons (Fsp3) is 0.769. The van der Waals surface area contributed by atoms with Crippen LogP contribution >= 0.6 is 0 Å². The van der Waals surface area contributed by atoms with E-state index in [1.165, 1.54) is 19.3 Å². The lowest BCUT2D eigenvalue weighted by Crippen LogP contribution is -2.12. The Bertz CT molecular complexity index is 395. The predicted octanol–water partition coefficient (Wildman–Crippen LogP) is 2.30. The summed E-state index contributed by atoms with van der Waals surface area (Å²) in [6.45, 7) is 6.33. The van der Waals surface area contributed by atoms with Crippen LogP contribution in [0.5, 0.6) is 6.01 Å². The van der Waals surface area contributed by atoms with Gasteiger partial charge >= 0.3 is 6.01 Å². The molecule has 1 fully saturated rings. The number of aromatic nitrogens is 3. The molecule has 0 aliphatic heterocycles. The minimum absolute atomic E-state index is 0.380. The highest BCUT2D eigenvalue weighted by atomic mass is 16.5. The summed E-state index contributed by atoms with van der Waals surface area (Å²) in [5.41, 5.74) is 0. The number of ether oxygens (including phenoxy) is 1. The van der Waals surface area contributed by atoms with E-state index in [-0.39, 0.29) is 0 Å². The van der Waals surface area contributed by atoms with Gasteiger partial charge < -0.3 is 15.4 Å². The summed E-state index contributed by atoms with van der Waals surface area (Å²) in [7, 11) is 0. The third kappa shape index (κ3) is 4.89. The third-order valence-corrected chi connectivity index (χ3v) is 2.95. The molecule has 2 N–H and O–H groups in total. The van der Waals surface area contributed by atoms with Crippen molar-refractivity contribution in [3.8, 4) is 6.01 Å². The highest BCUT2D eigenvalue weighted by Gasteiger charge is 2.20. The standard InChI is InChI=1S/C13H23N5O/c1-3-8-14-11-16-12(15-9-7-10-5-6-10)18-13(17-11)19-4-2/h10H,3-9H2,1-2H3,(H2,14,15,16,17,18). The van der Waals surface area contributed by atoms with Crippen LogP contribution in [0.1, 0.15) is 39.5 Å². The predicted molar refractivity (Wildman–Crippen MR) is 75.6 cm³/mol. The Balaban J connectivity index is 1.94. The molecule has 1 aromatic heterocycles. The zero-order valence-corrected chi connectivity index (χ0v) is 11.8. The first-order valence-electron chi connectivity index (χ1n) is 7.18. The number of anilines is 2. The van der Waals surface area contributed by atoms with E-state index < -0.39 is 0 Å². The largest absolute Gasteiger partial charge is 0.464 e. The lowest BCUT2D eigenvalue weighted by Gasteiger charge is -2.09. The van der Waals surface area contributed by atoms with Crippen molar-refractivity contribution in [2.75, 3.05) is 30.3 Å². The lowest BCUT2D eigenvalue weighted by molar-refractivity contribution is 0.312. The smallest absolute Gasteiger partial charge is 0.323 e. The highest BCUT2D eigenvalue weighted by Crippen LogP contribution is 2.32. The van der Waals surface area contributed by atoms with E-state index in [4.69, 9.17) is 4.74 Å². The van der Waals surface area contributed by atoms with Crippen molar-refractivity contribution in [3.05, 3.63) is 0 Å². The number of hydrogen-bond donors (Lipinski definition) is 2. The molecule has 6 heteroatoms. The van der Waals surface area contributed by atoms with Gasteiger partial charge in [-0.3, -0.25) is 0 Å². The quantitative estimate of drug-likeness (QED) is 0.714. The van der Waals surface area contributed by atoms with E-state index in [1.54, 1.807) is 0 Å². The Morgan fingerprint density at radius 1 is 1.05 bits per heavy atom. The van der Waals surface area contributed by atoms with Crippen molar-refractivity contribution >= 4 is 11.9 Å². The Hall–Kier alpha value is -1.59. The molecule has 2 rings (SSSR count). The molecule has 6 nitrogen and oxygen atoms in total. The fourth-order valence-electron chi connectivity index (χ4n) is 1.74. The van der Waals surface area contributed by atoms with Crippen molar-refractivity contribution in [3.63, 3.8) is 0 Å². The van der Waals surface area contributed by atoms with Crippen LogP contribution in [-0.4, -0.2) is 34.6 Å². The van der Waals surface area contributed by atoms with Gasteiger partial charge in [0.1, 0.15) is 0 Å². The van der Waals surface area contributed by atoms with E-state index in [0.717, 1.165) is 25.4 Å². The first-order valence-corrected chi connectivity index (χ1v) is 7.18. The van der Waals surface area contributed by atoms with Gasteiger partial charge in [-0.2, -0.15) is 15.0 Å². The fourth-order valence-corrected chi connectivity index (χ4v) is 1.74. The Morgan fingerprint density at radius 3 is 2.32 bits per heavy atom. The summed E-state index contributed by atoms with van der Waals surface area (Å²) in [5, 5.41) is 6.41. The van der Waals surface area contributed by atoms with E-state index in [9.17, 15) is 0 Å². The van der Waals surface area contributed by atoms with Crippen LogP contribution < -0.4 is 15.4 Å². The van der Waals surface area contributed by atoms with Gasteiger partial charge in [-0.1, -0.05) is 19.8 Å². The molecule has 1 saturated carbocycles. The topological polar surface area (TPSA) is 72.0 Å². The normalized spacial score (nSPS) is 14.2. The number of nitrogens with one attached hydrogen (secondary N) is 2. The van der Waals surface area contributed by atoms with Gasteiger partial charge in [0.05, 0.1) is 6.61 Å². The second-order valence-corrected chi connectivity index (χ2v) is 4.78. The maximum Gasteiger partial charge on any atom is 0.323 e. The molecule has 0 spiro atoms. The van der Waals surface area contributed by atoms with Crippen LogP contribution in [0.3, 0.4) is 0 Å². The molecule has 0 bridgehead atoms. The molecule has 106 valence electrons. The second kappa shape index (κ2) is 7.11. The van der Waals surface area contributed by atoms with Gasteiger partial charge in [0.15, 0.2) is 0 Å². The molecule has 1 aromatic rings. The van der Waals surface area contributed by atoms with Crippen LogP contribution in [0.2, 0.25) is 0 Å². The number of nitrogens with zero attached hydrogens (tertiary/aromatic N) is 3. The summed E-state index contributed by atoms with van der Waals surface area (Å²) in [5.74, 6) is 2.07. The Morgan fingerprint density at radius 2 is 1.74 bits per heavy atom. The summed E-state index contributed by atoms with van der Waals surface area (Å²) in [4.78, 5) is 12.8. The van der Waals surface area contributed by atoms with Gasteiger partial charge in [-0.15, -0.1) is 0 Å². The average Bonchev–Trinajstić information content (AvgIpc) is 3.21. The second-order valence-electron chi connectivity index (χ2n) is 4.78. The monoisotopic (exact) mass is 265 g/mol. The molecule has 1 aliphatic carbocycles. The van der Waals surface area contributed by atoms with Crippen molar-refractivity contribution in [1.82, 2.24) is 15.0 Å². The minimum atomic E-state index is 0.380. The van der Waals surface area contributed by atoms with E-state index >= 15 is 0 Å². The van der Waals surface area contributed by atoms with E-state index in [0.29, 0.717) is 24.5 Å². The van der Waals surface area contributed by atoms with Crippen molar-refractivity contribution in [1.29, 1.82) is 0 Å². The summed E-state index contributed by atoms with van der Waals surface area (Å²) in [6, 6.07) is 0.380. The minimum Gasteiger partial charge on any atom is -0.464 e. The molecule has 0 amide bonds. The molecule has 0 radical (unpaired) electrons. The third-order valence-electron chi connectivity index (χ3n) is 2.95. The average molecular weight is 265 g/mol. The molecule has 0 saturated heterocycles. The Kier molecular flexibility index (Phi) is 5.18. The molecule has 0 unspecified atom stereocenters. The van der Waals surface area contributed by atoms with Gasteiger partial charge in [-0.05, 0) is 25.7 Å². The van der Waals surface area contributed by atoms with E-state index in [1.807, 2.05) is 6.92 Å². The van der Waals surface area contributed by atoms with E-state index in [2.05, 4.69) is 32.5 Å². The summed E-state index contributed by atoms with van der Waals surface area (Å²) >= 11 is 0.